The van der Waals surface area contributed by atoms with Crippen LogP contribution >= 0.6 is 0 Å². The van der Waals surface area contributed by atoms with E-state index in [-0.39, 0.29) is 30.2 Å². The molecule has 1 aliphatic carbocycles. The lowest BCUT2D eigenvalue weighted by Gasteiger charge is -2.24. The lowest BCUT2D eigenvalue weighted by atomic mass is 9.91. The summed E-state index contributed by atoms with van der Waals surface area (Å²) in [5, 5.41) is 10.2. The zero-order valence-electron chi connectivity index (χ0n) is 15.4. The standard InChI is InChI=1S/C20H24N4O3/c1-13-9-15(27-23-13)10-19(25)24-8-4-7-18(24)20(26)22-12-14-11-21-17-6-3-2-5-16(14)17/h2-3,5-6,9,11,16-18,21H,4,7-8,10,12H2,1H3,(H,22,26)/t16?,17?,18-/m0/s1. The van der Waals surface area contributed by atoms with Crippen LogP contribution in [0.3, 0.4) is 0 Å². The summed E-state index contributed by atoms with van der Waals surface area (Å²) in [7, 11) is 0. The Morgan fingerprint density at radius 3 is 3.04 bits per heavy atom. The van der Waals surface area contributed by atoms with E-state index in [0.717, 1.165) is 17.7 Å². The first-order valence-corrected chi connectivity index (χ1v) is 9.41. The summed E-state index contributed by atoms with van der Waals surface area (Å²) in [6.07, 6.45) is 12.0. The minimum Gasteiger partial charge on any atom is -0.384 e. The van der Waals surface area contributed by atoms with Gasteiger partial charge in [0.05, 0.1) is 18.2 Å². The van der Waals surface area contributed by atoms with Crippen molar-refractivity contribution >= 4 is 11.8 Å². The van der Waals surface area contributed by atoms with Gasteiger partial charge >= 0.3 is 0 Å². The molecule has 7 nitrogen and oxygen atoms in total. The largest absolute Gasteiger partial charge is 0.384 e. The number of aromatic nitrogens is 1. The van der Waals surface area contributed by atoms with E-state index >= 15 is 0 Å². The van der Waals surface area contributed by atoms with Crippen molar-refractivity contribution in [1.29, 1.82) is 0 Å². The Labute approximate surface area is 158 Å². The van der Waals surface area contributed by atoms with Gasteiger partial charge in [0, 0.05) is 25.1 Å². The number of hydrogen-bond donors (Lipinski definition) is 2. The smallest absolute Gasteiger partial charge is 0.243 e. The lowest BCUT2D eigenvalue weighted by Crippen LogP contribution is -2.47. The average molecular weight is 368 g/mol. The van der Waals surface area contributed by atoms with Crippen LogP contribution in [-0.4, -0.2) is 47.0 Å². The van der Waals surface area contributed by atoms with E-state index < -0.39 is 6.04 Å². The number of rotatable bonds is 5. The molecule has 4 rings (SSSR count). The maximum absolute atomic E-state index is 12.7. The summed E-state index contributed by atoms with van der Waals surface area (Å²) in [6, 6.07) is 1.62. The quantitative estimate of drug-likeness (QED) is 0.816. The Bertz CT molecular complexity index is 823. The van der Waals surface area contributed by atoms with Gasteiger partial charge in [-0.2, -0.15) is 0 Å². The highest BCUT2D eigenvalue weighted by Crippen LogP contribution is 2.26. The van der Waals surface area contributed by atoms with Gasteiger partial charge in [0.2, 0.25) is 11.8 Å². The van der Waals surface area contributed by atoms with Crippen molar-refractivity contribution < 1.29 is 14.1 Å². The SMILES string of the molecule is Cc1cc(CC(=O)N2CCC[C@H]2C(=O)NCC2=CNC3C=CC=CC23)on1. The molecule has 27 heavy (non-hydrogen) atoms. The Kier molecular flexibility index (Phi) is 4.83. The first-order valence-electron chi connectivity index (χ1n) is 9.41. The van der Waals surface area contributed by atoms with Crippen LogP contribution < -0.4 is 10.6 Å². The second-order valence-electron chi connectivity index (χ2n) is 7.28. The van der Waals surface area contributed by atoms with Crippen LogP contribution in [0.25, 0.3) is 0 Å². The molecule has 3 aliphatic rings. The van der Waals surface area contributed by atoms with Crippen molar-refractivity contribution in [2.75, 3.05) is 13.1 Å². The van der Waals surface area contributed by atoms with E-state index in [1.807, 2.05) is 25.3 Å². The zero-order valence-corrected chi connectivity index (χ0v) is 15.4. The third kappa shape index (κ3) is 3.67. The fourth-order valence-corrected chi connectivity index (χ4v) is 3.98. The number of likely N-dealkylation sites (tertiary alicyclic amines) is 1. The number of nitrogens with one attached hydrogen (secondary N) is 2. The molecule has 3 heterocycles. The number of hydrogen-bond acceptors (Lipinski definition) is 5. The molecule has 3 atom stereocenters. The Balaban J connectivity index is 1.33. The third-order valence-electron chi connectivity index (χ3n) is 5.37. The van der Waals surface area contributed by atoms with Gasteiger partial charge < -0.3 is 20.1 Å². The highest BCUT2D eigenvalue weighted by molar-refractivity contribution is 5.89. The van der Waals surface area contributed by atoms with Crippen molar-refractivity contribution in [3.63, 3.8) is 0 Å². The molecule has 0 saturated carbocycles. The molecule has 1 saturated heterocycles. The third-order valence-corrected chi connectivity index (χ3v) is 5.37. The molecule has 7 heteroatoms. The van der Waals surface area contributed by atoms with Gasteiger partial charge in [-0.15, -0.1) is 0 Å². The maximum Gasteiger partial charge on any atom is 0.243 e. The minimum absolute atomic E-state index is 0.0886. The normalized spacial score (nSPS) is 25.9. The fraction of sp³-hybridized carbons (Fsp3) is 0.450. The van der Waals surface area contributed by atoms with E-state index in [9.17, 15) is 9.59 Å². The fourth-order valence-electron chi connectivity index (χ4n) is 3.98. The Morgan fingerprint density at radius 1 is 1.37 bits per heavy atom. The van der Waals surface area contributed by atoms with Gasteiger partial charge in [0.15, 0.2) is 0 Å². The molecule has 1 aromatic heterocycles. The molecule has 2 aliphatic heterocycles. The summed E-state index contributed by atoms with van der Waals surface area (Å²) in [5.74, 6) is 0.639. The van der Waals surface area contributed by atoms with Crippen LogP contribution in [0.1, 0.15) is 24.3 Å². The second-order valence-corrected chi connectivity index (χ2v) is 7.28. The van der Waals surface area contributed by atoms with Crippen LogP contribution in [0.5, 0.6) is 0 Å². The molecule has 142 valence electrons. The van der Waals surface area contributed by atoms with E-state index in [0.29, 0.717) is 25.3 Å². The summed E-state index contributed by atoms with van der Waals surface area (Å²) in [4.78, 5) is 27.0. The highest BCUT2D eigenvalue weighted by atomic mass is 16.5. The number of carbonyl (C=O) groups is 2. The number of allylic oxidation sites excluding steroid dienone is 2. The maximum atomic E-state index is 12.7. The minimum atomic E-state index is -0.408. The molecule has 1 fully saturated rings. The number of nitrogens with zero attached hydrogens (tertiary/aromatic N) is 2. The molecule has 2 N–H and O–H groups in total. The van der Waals surface area contributed by atoms with Crippen molar-refractivity contribution in [2.45, 2.75) is 38.3 Å². The highest BCUT2D eigenvalue weighted by Gasteiger charge is 2.35. The predicted molar refractivity (Wildman–Crippen MR) is 99.5 cm³/mol. The molecule has 1 aromatic rings. The first kappa shape index (κ1) is 17.6. The van der Waals surface area contributed by atoms with Crippen molar-refractivity contribution in [2.24, 2.45) is 5.92 Å². The van der Waals surface area contributed by atoms with E-state index in [2.05, 4.69) is 27.9 Å². The average Bonchev–Trinajstić information content (AvgIpc) is 3.39. The lowest BCUT2D eigenvalue weighted by molar-refractivity contribution is -0.138. The van der Waals surface area contributed by atoms with E-state index in [4.69, 9.17) is 4.52 Å². The van der Waals surface area contributed by atoms with E-state index in [1.165, 1.54) is 0 Å². The summed E-state index contributed by atoms with van der Waals surface area (Å²) >= 11 is 0. The number of fused-ring (bicyclic) bond motifs is 1. The molecule has 0 bridgehead atoms. The van der Waals surface area contributed by atoms with Crippen molar-refractivity contribution in [1.82, 2.24) is 20.7 Å². The predicted octanol–water partition coefficient (Wildman–Crippen LogP) is 1.23. The van der Waals surface area contributed by atoms with Gasteiger partial charge in [0.25, 0.3) is 0 Å². The number of amides is 2. The van der Waals surface area contributed by atoms with Gasteiger partial charge in [-0.05, 0) is 31.5 Å². The van der Waals surface area contributed by atoms with Crippen LogP contribution in [0.15, 0.2) is 46.7 Å². The Morgan fingerprint density at radius 2 is 2.22 bits per heavy atom. The van der Waals surface area contributed by atoms with Crippen molar-refractivity contribution in [3.05, 3.63) is 53.6 Å². The molecule has 0 spiro atoms. The Hall–Kier alpha value is -2.83. The molecule has 0 radical (unpaired) electrons. The number of carbonyl (C=O) groups excluding carboxylic acids is 2. The zero-order chi connectivity index (χ0) is 18.8. The topological polar surface area (TPSA) is 87.5 Å². The van der Waals surface area contributed by atoms with Crippen molar-refractivity contribution in [3.8, 4) is 0 Å². The summed E-state index contributed by atoms with van der Waals surface area (Å²) in [6.45, 7) is 2.91. The summed E-state index contributed by atoms with van der Waals surface area (Å²) in [5.41, 5.74) is 1.90. The van der Waals surface area contributed by atoms with Crippen LogP contribution in [0.2, 0.25) is 0 Å². The monoisotopic (exact) mass is 368 g/mol. The van der Waals surface area contributed by atoms with Gasteiger partial charge in [-0.1, -0.05) is 29.5 Å². The van der Waals surface area contributed by atoms with Gasteiger partial charge in [-0.25, -0.2) is 0 Å². The molecule has 2 amide bonds. The van der Waals surface area contributed by atoms with Crippen LogP contribution in [0, 0.1) is 12.8 Å². The molecule has 2 unspecified atom stereocenters. The molecular weight excluding hydrogens is 344 g/mol. The summed E-state index contributed by atoms with van der Waals surface area (Å²) < 4.78 is 5.13. The molecule has 0 aromatic carbocycles. The van der Waals surface area contributed by atoms with Crippen LogP contribution in [0.4, 0.5) is 0 Å². The van der Waals surface area contributed by atoms with E-state index in [1.54, 1.807) is 11.0 Å². The number of aryl methyl sites for hydroxylation is 1. The van der Waals surface area contributed by atoms with Crippen LogP contribution in [-0.2, 0) is 16.0 Å². The second kappa shape index (κ2) is 7.42. The van der Waals surface area contributed by atoms with Gasteiger partial charge in [0.1, 0.15) is 11.8 Å². The molecular formula is C20H24N4O3. The first-order chi connectivity index (χ1) is 13.1. The van der Waals surface area contributed by atoms with Gasteiger partial charge in [-0.3, -0.25) is 9.59 Å².